The normalized spacial score (nSPS) is 10.4. The average Bonchev–Trinajstić information content (AvgIpc) is 2.54. The fraction of sp³-hybridized carbons (Fsp3) is 0.235. The van der Waals surface area contributed by atoms with Gasteiger partial charge < -0.3 is 14.6 Å². The lowest BCUT2D eigenvalue weighted by Crippen LogP contribution is -2.03. The van der Waals surface area contributed by atoms with Crippen molar-refractivity contribution in [2.24, 2.45) is 0 Å². The first-order chi connectivity index (χ1) is 11.0. The van der Waals surface area contributed by atoms with Crippen molar-refractivity contribution in [2.45, 2.75) is 13.3 Å². The Hall–Kier alpha value is -1.91. The molecule has 0 aliphatic carbocycles. The number of halogens is 2. The van der Waals surface area contributed by atoms with Gasteiger partial charge in [-0.3, -0.25) is 0 Å². The summed E-state index contributed by atoms with van der Waals surface area (Å²) in [6.45, 7) is 2.47. The molecule has 0 bridgehead atoms. The van der Waals surface area contributed by atoms with Gasteiger partial charge in [0.05, 0.1) is 29.3 Å². The summed E-state index contributed by atoms with van der Waals surface area (Å²) in [4.78, 5) is 11.4. The Labute approximate surface area is 144 Å². The Bertz CT molecular complexity index is 729. The first kappa shape index (κ1) is 17.4. The van der Waals surface area contributed by atoms with Crippen LogP contribution in [0.2, 0.25) is 10.0 Å². The topological polar surface area (TPSA) is 55.8 Å². The molecule has 0 saturated carbocycles. The maximum Gasteiger partial charge on any atom is 0.335 e. The van der Waals surface area contributed by atoms with Crippen molar-refractivity contribution in [3.8, 4) is 22.6 Å². The summed E-state index contributed by atoms with van der Waals surface area (Å²) in [5.41, 5.74) is 1.40. The monoisotopic (exact) mass is 354 g/mol. The van der Waals surface area contributed by atoms with E-state index in [-0.39, 0.29) is 5.56 Å². The molecule has 0 radical (unpaired) electrons. The first-order valence-electron chi connectivity index (χ1n) is 7.01. The molecule has 0 fully saturated rings. The number of hydrogen-bond acceptors (Lipinski definition) is 3. The van der Waals surface area contributed by atoms with Gasteiger partial charge in [0.15, 0.2) is 11.5 Å². The van der Waals surface area contributed by atoms with Gasteiger partial charge in [0.25, 0.3) is 0 Å². The number of benzene rings is 2. The smallest absolute Gasteiger partial charge is 0.335 e. The van der Waals surface area contributed by atoms with Crippen LogP contribution in [0.15, 0.2) is 30.3 Å². The number of aromatic carboxylic acids is 1. The van der Waals surface area contributed by atoms with Gasteiger partial charge in [0.1, 0.15) is 0 Å². The third-order valence-electron chi connectivity index (χ3n) is 3.20. The molecular weight excluding hydrogens is 339 g/mol. The van der Waals surface area contributed by atoms with E-state index in [4.69, 9.17) is 32.7 Å². The van der Waals surface area contributed by atoms with E-state index < -0.39 is 5.97 Å². The number of ether oxygens (including phenoxy) is 2. The Balaban J connectivity index is 2.67. The third-order valence-corrected chi connectivity index (χ3v) is 3.94. The molecule has 0 unspecified atom stereocenters. The minimum atomic E-state index is -1.05. The van der Waals surface area contributed by atoms with Crippen LogP contribution in [0.4, 0.5) is 0 Å². The summed E-state index contributed by atoms with van der Waals surface area (Å²) >= 11 is 12.0. The molecule has 0 aliphatic rings. The van der Waals surface area contributed by atoms with Crippen LogP contribution < -0.4 is 9.47 Å². The molecule has 122 valence electrons. The Morgan fingerprint density at radius 2 is 1.91 bits per heavy atom. The SMILES string of the molecule is CCCOc1c(OC)cc(C(=O)O)cc1-c1ccc(Cl)c(Cl)c1. The fourth-order valence-corrected chi connectivity index (χ4v) is 2.41. The van der Waals surface area contributed by atoms with Crippen molar-refractivity contribution in [3.63, 3.8) is 0 Å². The molecule has 0 heterocycles. The second-order valence-corrected chi connectivity index (χ2v) is 5.65. The van der Waals surface area contributed by atoms with Crippen LogP contribution in [0, 0.1) is 0 Å². The zero-order valence-electron chi connectivity index (χ0n) is 12.7. The molecule has 0 aliphatic heterocycles. The molecule has 0 amide bonds. The summed E-state index contributed by atoms with van der Waals surface area (Å²) in [6, 6.07) is 8.06. The second-order valence-electron chi connectivity index (χ2n) is 4.84. The van der Waals surface area contributed by atoms with Crippen molar-refractivity contribution < 1.29 is 19.4 Å². The zero-order chi connectivity index (χ0) is 17.0. The number of carboxylic acid groups (broad SMARTS) is 1. The lowest BCUT2D eigenvalue weighted by Gasteiger charge is -2.16. The van der Waals surface area contributed by atoms with Crippen LogP contribution in [0.5, 0.6) is 11.5 Å². The number of methoxy groups -OCH3 is 1. The van der Waals surface area contributed by atoms with Gasteiger partial charge in [-0.1, -0.05) is 36.2 Å². The summed E-state index contributed by atoms with van der Waals surface area (Å²) in [5, 5.41) is 10.1. The molecule has 0 spiro atoms. The van der Waals surface area contributed by atoms with Crippen molar-refractivity contribution in [1.82, 2.24) is 0 Å². The standard InChI is InChI=1S/C17H16Cl2O4/c1-3-6-23-16-12(10-4-5-13(18)14(19)8-10)7-11(17(20)21)9-15(16)22-2/h4-5,7-9H,3,6H2,1-2H3,(H,20,21). The summed E-state index contributed by atoms with van der Waals surface area (Å²) < 4.78 is 11.1. The molecule has 4 nitrogen and oxygen atoms in total. The van der Waals surface area contributed by atoms with Gasteiger partial charge in [-0.2, -0.15) is 0 Å². The fourth-order valence-electron chi connectivity index (χ4n) is 2.11. The summed E-state index contributed by atoms with van der Waals surface area (Å²) in [5.74, 6) is -0.205. The van der Waals surface area contributed by atoms with Crippen LogP contribution >= 0.6 is 23.2 Å². The van der Waals surface area contributed by atoms with Gasteiger partial charge in [-0.25, -0.2) is 4.79 Å². The first-order valence-corrected chi connectivity index (χ1v) is 7.77. The molecular formula is C17H16Cl2O4. The molecule has 6 heteroatoms. The highest BCUT2D eigenvalue weighted by Crippen LogP contribution is 2.41. The lowest BCUT2D eigenvalue weighted by atomic mass is 10.0. The molecule has 23 heavy (non-hydrogen) atoms. The van der Waals surface area contributed by atoms with Crippen LogP contribution in [-0.2, 0) is 0 Å². The average molecular weight is 355 g/mol. The van der Waals surface area contributed by atoms with Gasteiger partial charge >= 0.3 is 5.97 Å². The Morgan fingerprint density at radius 1 is 1.17 bits per heavy atom. The molecule has 0 atom stereocenters. The molecule has 2 rings (SSSR count). The highest BCUT2D eigenvalue weighted by molar-refractivity contribution is 6.42. The van der Waals surface area contributed by atoms with Gasteiger partial charge in [-0.15, -0.1) is 0 Å². The predicted octanol–water partition coefficient (Wildman–Crippen LogP) is 5.16. The molecule has 0 aromatic heterocycles. The van der Waals surface area contributed by atoms with E-state index in [1.165, 1.54) is 19.2 Å². The van der Waals surface area contributed by atoms with E-state index >= 15 is 0 Å². The highest BCUT2D eigenvalue weighted by atomic mass is 35.5. The number of carboxylic acids is 1. The van der Waals surface area contributed by atoms with Crippen molar-refractivity contribution >= 4 is 29.2 Å². The highest BCUT2D eigenvalue weighted by Gasteiger charge is 2.18. The van der Waals surface area contributed by atoms with E-state index in [1.807, 2.05) is 6.92 Å². The van der Waals surface area contributed by atoms with E-state index in [2.05, 4.69) is 0 Å². The molecule has 2 aromatic carbocycles. The number of hydrogen-bond donors (Lipinski definition) is 1. The predicted molar refractivity (Wildman–Crippen MR) is 91.2 cm³/mol. The van der Waals surface area contributed by atoms with Crippen LogP contribution in [0.1, 0.15) is 23.7 Å². The molecule has 1 N–H and O–H groups in total. The lowest BCUT2D eigenvalue weighted by molar-refractivity contribution is 0.0696. The van der Waals surface area contributed by atoms with E-state index in [9.17, 15) is 9.90 Å². The van der Waals surface area contributed by atoms with Crippen LogP contribution in [0.25, 0.3) is 11.1 Å². The van der Waals surface area contributed by atoms with Crippen molar-refractivity contribution in [2.75, 3.05) is 13.7 Å². The maximum atomic E-state index is 11.4. The summed E-state index contributed by atoms with van der Waals surface area (Å²) in [6.07, 6.45) is 0.810. The van der Waals surface area contributed by atoms with Crippen LogP contribution in [0.3, 0.4) is 0 Å². The number of rotatable bonds is 6. The maximum absolute atomic E-state index is 11.4. The number of carbonyl (C=O) groups is 1. The van der Waals surface area contributed by atoms with Gasteiger partial charge in [0, 0.05) is 5.56 Å². The van der Waals surface area contributed by atoms with Gasteiger partial charge in [0.2, 0.25) is 0 Å². The quantitative estimate of drug-likeness (QED) is 0.778. The summed E-state index contributed by atoms with van der Waals surface area (Å²) in [7, 11) is 1.47. The van der Waals surface area contributed by atoms with E-state index in [1.54, 1.807) is 18.2 Å². The molecule has 2 aromatic rings. The van der Waals surface area contributed by atoms with E-state index in [0.717, 1.165) is 6.42 Å². The van der Waals surface area contributed by atoms with Crippen molar-refractivity contribution in [1.29, 1.82) is 0 Å². The van der Waals surface area contributed by atoms with E-state index in [0.29, 0.717) is 39.3 Å². The van der Waals surface area contributed by atoms with Gasteiger partial charge in [-0.05, 0) is 36.2 Å². The Kier molecular flexibility index (Phi) is 5.74. The van der Waals surface area contributed by atoms with Crippen LogP contribution in [-0.4, -0.2) is 24.8 Å². The largest absolute Gasteiger partial charge is 0.493 e. The second kappa shape index (κ2) is 7.57. The molecule has 0 saturated heterocycles. The minimum absolute atomic E-state index is 0.103. The minimum Gasteiger partial charge on any atom is -0.493 e. The third kappa shape index (κ3) is 3.89. The Morgan fingerprint density at radius 3 is 2.48 bits per heavy atom. The zero-order valence-corrected chi connectivity index (χ0v) is 14.2. The van der Waals surface area contributed by atoms with Crippen molar-refractivity contribution in [3.05, 3.63) is 45.9 Å².